The molecule has 0 unspecified atom stereocenters. The van der Waals surface area contributed by atoms with E-state index in [1.54, 1.807) is 25.2 Å². The van der Waals surface area contributed by atoms with Gasteiger partial charge in [0.1, 0.15) is 0 Å². The van der Waals surface area contributed by atoms with Gasteiger partial charge in [-0.25, -0.2) is 8.42 Å². The van der Waals surface area contributed by atoms with Crippen molar-refractivity contribution in [2.75, 3.05) is 7.05 Å². The maximum atomic E-state index is 12.7. The molecule has 112 valence electrons. The van der Waals surface area contributed by atoms with E-state index in [1.165, 1.54) is 4.31 Å². The normalized spacial score (nSPS) is 24.1. The molecule has 1 aromatic carbocycles. The molecule has 0 amide bonds. The third-order valence-corrected chi connectivity index (χ3v) is 6.86. The second-order valence-corrected chi connectivity index (χ2v) is 8.35. The van der Waals surface area contributed by atoms with Crippen molar-refractivity contribution in [3.05, 3.63) is 28.2 Å². The Balaban J connectivity index is 2.23. The third-order valence-electron chi connectivity index (χ3n) is 4.06. The van der Waals surface area contributed by atoms with Crippen LogP contribution in [0.3, 0.4) is 0 Å². The lowest BCUT2D eigenvalue weighted by atomic mass is 9.92. The minimum absolute atomic E-state index is 0.0590. The first-order valence-corrected chi connectivity index (χ1v) is 9.05. The molecule has 0 bridgehead atoms. The molecule has 1 aromatic rings. The summed E-state index contributed by atoms with van der Waals surface area (Å²) in [6.45, 7) is 1.89. The Bertz CT molecular complexity index is 581. The Morgan fingerprint density at radius 3 is 2.40 bits per heavy atom. The van der Waals surface area contributed by atoms with Crippen LogP contribution in [-0.4, -0.2) is 31.9 Å². The summed E-state index contributed by atoms with van der Waals surface area (Å²) in [5.41, 5.74) is 6.80. The van der Waals surface area contributed by atoms with Gasteiger partial charge in [-0.2, -0.15) is 4.31 Å². The molecule has 1 saturated carbocycles. The molecule has 0 aromatic heterocycles. The van der Waals surface area contributed by atoms with Crippen molar-refractivity contribution in [2.45, 2.75) is 49.6 Å². The number of hydrogen-bond donors (Lipinski definition) is 1. The molecule has 2 rings (SSSR count). The Hall–Kier alpha value is -0.430. The van der Waals surface area contributed by atoms with E-state index in [9.17, 15) is 8.42 Å². The van der Waals surface area contributed by atoms with Crippen LogP contribution < -0.4 is 5.73 Å². The van der Waals surface area contributed by atoms with Crippen molar-refractivity contribution >= 4 is 26.0 Å². The van der Waals surface area contributed by atoms with Crippen LogP contribution in [0.4, 0.5) is 0 Å². The number of rotatable bonds is 3. The van der Waals surface area contributed by atoms with E-state index in [2.05, 4.69) is 15.9 Å². The van der Waals surface area contributed by atoms with Gasteiger partial charge in [0.25, 0.3) is 0 Å². The number of nitrogens with two attached hydrogens (primary N) is 1. The molecule has 2 N–H and O–H groups in total. The molecule has 0 spiro atoms. The fraction of sp³-hybridized carbons (Fsp3) is 0.571. The zero-order chi connectivity index (χ0) is 14.9. The maximum absolute atomic E-state index is 12.7. The van der Waals surface area contributed by atoms with Crippen molar-refractivity contribution in [2.24, 2.45) is 5.73 Å². The van der Waals surface area contributed by atoms with Crippen LogP contribution in [0.2, 0.25) is 0 Å². The van der Waals surface area contributed by atoms with Gasteiger partial charge in [-0.15, -0.1) is 0 Å². The van der Waals surface area contributed by atoms with Gasteiger partial charge < -0.3 is 5.73 Å². The predicted molar refractivity (Wildman–Crippen MR) is 84.1 cm³/mol. The molecular weight excluding hydrogens is 340 g/mol. The summed E-state index contributed by atoms with van der Waals surface area (Å²) in [7, 11) is -1.75. The van der Waals surface area contributed by atoms with Crippen molar-refractivity contribution in [1.82, 2.24) is 4.31 Å². The number of nitrogens with zero attached hydrogens (tertiary/aromatic N) is 1. The molecule has 0 saturated heterocycles. The highest BCUT2D eigenvalue weighted by Gasteiger charge is 2.30. The van der Waals surface area contributed by atoms with Crippen LogP contribution in [0.25, 0.3) is 0 Å². The van der Waals surface area contributed by atoms with Crippen molar-refractivity contribution in [1.29, 1.82) is 0 Å². The number of halogens is 1. The van der Waals surface area contributed by atoms with Crippen molar-refractivity contribution < 1.29 is 8.42 Å². The Morgan fingerprint density at radius 2 is 1.85 bits per heavy atom. The lowest BCUT2D eigenvalue weighted by Crippen LogP contribution is -2.41. The lowest BCUT2D eigenvalue weighted by Gasteiger charge is -2.32. The minimum Gasteiger partial charge on any atom is -0.328 e. The second-order valence-electron chi connectivity index (χ2n) is 5.50. The van der Waals surface area contributed by atoms with E-state index in [0.29, 0.717) is 4.90 Å². The highest BCUT2D eigenvalue weighted by Crippen LogP contribution is 2.27. The monoisotopic (exact) mass is 360 g/mol. The van der Waals surface area contributed by atoms with E-state index >= 15 is 0 Å². The molecule has 1 aliphatic rings. The van der Waals surface area contributed by atoms with Crippen LogP contribution in [0, 0.1) is 6.92 Å². The summed E-state index contributed by atoms with van der Waals surface area (Å²) in [6.07, 6.45) is 3.46. The van der Waals surface area contributed by atoms with Gasteiger partial charge in [0.05, 0.1) is 4.90 Å². The molecule has 20 heavy (non-hydrogen) atoms. The smallest absolute Gasteiger partial charge is 0.243 e. The topological polar surface area (TPSA) is 63.4 Å². The molecule has 6 heteroatoms. The highest BCUT2D eigenvalue weighted by molar-refractivity contribution is 9.10. The van der Waals surface area contributed by atoms with Crippen molar-refractivity contribution in [3.63, 3.8) is 0 Å². The van der Waals surface area contributed by atoms with Gasteiger partial charge in [-0.3, -0.25) is 0 Å². The standard InChI is InChI=1S/C14H21BrN2O2S/c1-10-9-13(7-8-14(10)15)20(18,19)17(2)12-5-3-11(16)4-6-12/h7-9,11-12H,3-6,16H2,1-2H3. The summed E-state index contributed by atoms with van der Waals surface area (Å²) in [4.78, 5) is 0.357. The minimum atomic E-state index is -3.42. The largest absolute Gasteiger partial charge is 0.328 e. The van der Waals surface area contributed by atoms with Crippen LogP contribution in [0.15, 0.2) is 27.6 Å². The number of aryl methyl sites for hydroxylation is 1. The number of sulfonamides is 1. The fourth-order valence-corrected chi connectivity index (χ4v) is 4.35. The number of hydrogen-bond acceptors (Lipinski definition) is 3. The second kappa shape index (κ2) is 6.13. The third kappa shape index (κ3) is 3.24. The predicted octanol–water partition coefficient (Wildman–Crippen LogP) is 2.65. The Labute approximate surface area is 129 Å². The molecule has 0 radical (unpaired) electrons. The van der Waals surface area contributed by atoms with Crippen LogP contribution >= 0.6 is 15.9 Å². The molecular formula is C14H21BrN2O2S. The average Bonchev–Trinajstić information content (AvgIpc) is 2.41. The summed E-state index contributed by atoms with van der Waals surface area (Å²) in [5, 5.41) is 0. The van der Waals surface area contributed by atoms with Crippen LogP contribution in [0.5, 0.6) is 0 Å². The van der Waals surface area contributed by atoms with Gasteiger partial charge in [-0.05, 0) is 56.4 Å². The summed E-state index contributed by atoms with van der Waals surface area (Å²) < 4.78 is 27.7. The molecule has 0 aliphatic heterocycles. The molecule has 0 atom stereocenters. The van der Waals surface area contributed by atoms with Crippen LogP contribution in [0.1, 0.15) is 31.2 Å². The highest BCUT2D eigenvalue weighted by atomic mass is 79.9. The van der Waals surface area contributed by atoms with Crippen molar-refractivity contribution in [3.8, 4) is 0 Å². The Morgan fingerprint density at radius 1 is 1.25 bits per heavy atom. The summed E-state index contributed by atoms with van der Waals surface area (Å²) in [6, 6.07) is 5.43. The maximum Gasteiger partial charge on any atom is 0.243 e. The van der Waals surface area contributed by atoms with Gasteiger partial charge in [0, 0.05) is 23.6 Å². The van der Waals surface area contributed by atoms with E-state index in [0.717, 1.165) is 35.7 Å². The summed E-state index contributed by atoms with van der Waals surface area (Å²) in [5.74, 6) is 0. The lowest BCUT2D eigenvalue weighted by molar-refractivity contribution is 0.268. The first-order valence-electron chi connectivity index (χ1n) is 6.82. The van der Waals surface area contributed by atoms with Crippen LogP contribution in [-0.2, 0) is 10.0 Å². The zero-order valence-corrected chi connectivity index (χ0v) is 14.2. The van der Waals surface area contributed by atoms with E-state index in [-0.39, 0.29) is 12.1 Å². The van der Waals surface area contributed by atoms with Gasteiger partial charge in [0.15, 0.2) is 0 Å². The van der Waals surface area contributed by atoms with Gasteiger partial charge in [-0.1, -0.05) is 15.9 Å². The molecule has 0 heterocycles. The van der Waals surface area contributed by atoms with E-state index in [4.69, 9.17) is 5.73 Å². The molecule has 1 aliphatic carbocycles. The first-order chi connectivity index (χ1) is 9.32. The first kappa shape index (κ1) is 15.9. The number of benzene rings is 1. The molecule has 1 fully saturated rings. The summed E-state index contributed by atoms with van der Waals surface area (Å²) >= 11 is 3.39. The Kier molecular flexibility index (Phi) is 4.89. The van der Waals surface area contributed by atoms with Gasteiger partial charge in [0.2, 0.25) is 10.0 Å². The van der Waals surface area contributed by atoms with E-state index < -0.39 is 10.0 Å². The fourth-order valence-electron chi connectivity index (χ4n) is 2.61. The zero-order valence-electron chi connectivity index (χ0n) is 11.8. The SMILES string of the molecule is Cc1cc(S(=O)(=O)N(C)C2CCC(N)CC2)ccc1Br. The van der Waals surface area contributed by atoms with Gasteiger partial charge >= 0.3 is 0 Å². The average molecular weight is 361 g/mol. The quantitative estimate of drug-likeness (QED) is 0.900. The van der Waals surface area contributed by atoms with E-state index in [1.807, 2.05) is 6.92 Å². The molecule has 4 nitrogen and oxygen atoms in total.